The van der Waals surface area contributed by atoms with Crippen LogP contribution in [0.1, 0.15) is 30.7 Å². The summed E-state index contributed by atoms with van der Waals surface area (Å²) in [5, 5.41) is 0. The molecule has 1 aromatic heterocycles. The van der Waals surface area contributed by atoms with Crippen LogP contribution in [0.3, 0.4) is 0 Å². The van der Waals surface area contributed by atoms with Gasteiger partial charge in [-0.05, 0) is 37.8 Å². The van der Waals surface area contributed by atoms with E-state index in [0.29, 0.717) is 0 Å². The van der Waals surface area contributed by atoms with Crippen LogP contribution in [0.5, 0.6) is 0 Å². The summed E-state index contributed by atoms with van der Waals surface area (Å²) in [5.74, 6) is 0.931. The number of nitrogens with one attached hydrogen (secondary N) is 1. The maximum Gasteiger partial charge on any atom is 0.126 e. The van der Waals surface area contributed by atoms with Crippen molar-refractivity contribution in [3.8, 4) is 11.3 Å². The highest BCUT2D eigenvalue weighted by Gasteiger charge is 2.37. The summed E-state index contributed by atoms with van der Waals surface area (Å²) in [6, 6.07) is 8.40. The largest absolute Gasteiger partial charge is 0.340 e. The molecule has 0 spiro atoms. The third-order valence-corrected chi connectivity index (χ3v) is 3.62. The number of benzene rings is 1. The van der Waals surface area contributed by atoms with Gasteiger partial charge in [0.05, 0.1) is 17.4 Å². The molecule has 0 radical (unpaired) electrons. The third kappa shape index (κ3) is 1.76. The third-order valence-electron chi connectivity index (χ3n) is 3.62. The SMILES string of the molecule is Cc1cccc(-c2cnc(C3(N)CCC3)[nH]2)c1. The summed E-state index contributed by atoms with van der Waals surface area (Å²) in [7, 11) is 0. The number of aryl methyl sites for hydroxylation is 1. The molecule has 3 heteroatoms. The molecule has 17 heavy (non-hydrogen) atoms. The van der Waals surface area contributed by atoms with Crippen LogP contribution in [0.25, 0.3) is 11.3 Å². The zero-order chi connectivity index (χ0) is 11.9. The Morgan fingerprint density at radius 3 is 2.82 bits per heavy atom. The van der Waals surface area contributed by atoms with E-state index in [1.165, 1.54) is 17.5 Å². The number of hydrogen-bond donors (Lipinski definition) is 2. The molecule has 1 aliphatic carbocycles. The fraction of sp³-hybridized carbons (Fsp3) is 0.357. The van der Waals surface area contributed by atoms with E-state index >= 15 is 0 Å². The Bertz CT molecular complexity index is 538. The first-order valence-electron chi connectivity index (χ1n) is 6.09. The second-order valence-corrected chi connectivity index (χ2v) is 5.02. The van der Waals surface area contributed by atoms with Crippen molar-refractivity contribution in [3.63, 3.8) is 0 Å². The first kappa shape index (κ1) is 10.5. The van der Waals surface area contributed by atoms with Gasteiger partial charge in [0.15, 0.2) is 0 Å². The van der Waals surface area contributed by atoms with Crippen molar-refractivity contribution >= 4 is 0 Å². The minimum atomic E-state index is -0.206. The van der Waals surface area contributed by atoms with Crippen molar-refractivity contribution in [1.29, 1.82) is 0 Å². The fourth-order valence-corrected chi connectivity index (χ4v) is 2.33. The average Bonchev–Trinajstić information content (AvgIpc) is 2.75. The van der Waals surface area contributed by atoms with E-state index in [-0.39, 0.29) is 5.54 Å². The van der Waals surface area contributed by atoms with E-state index in [4.69, 9.17) is 5.73 Å². The Morgan fingerprint density at radius 2 is 2.18 bits per heavy atom. The minimum absolute atomic E-state index is 0.206. The highest BCUT2D eigenvalue weighted by atomic mass is 15.0. The monoisotopic (exact) mass is 227 g/mol. The molecule has 0 unspecified atom stereocenters. The van der Waals surface area contributed by atoms with Gasteiger partial charge in [-0.2, -0.15) is 0 Å². The Morgan fingerprint density at radius 1 is 1.35 bits per heavy atom. The molecular weight excluding hydrogens is 210 g/mol. The fourth-order valence-electron chi connectivity index (χ4n) is 2.33. The molecule has 0 amide bonds. The zero-order valence-electron chi connectivity index (χ0n) is 10.0. The molecule has 1 aromatic carbocycles. The Kier molecular flexibility index (Phi) is 2.30. The van der Waals surface area contributed by atoms with E-state index < -0.39 is 0 Å². The Hall–Kier alpha value is -1.61. The van der Waals surface area contributed by atoms with Gasteiger partial charge in [0.25, 0.3) is 0 Å². The van der Waals surface area contributed by atoms with Crippen molar-refractivity contribution in [2.45, 2.75) is 31.7 Å². The summed E-state index contributed by atoms with van der Waals surface area (Å²) in [6.45, 7) is 2.09. The van der Waals surface area contributed by atoms with Gasteiger partial charge in [-0.25, -0.2) is 4.98 Å². The molecule has 88 valence electrons. The van der Waals surface area contributed by atoms with Gasteiger partial charge >= 0.3 is 0 Å². The van der Waals surface area contributed by atoms with E-state index in [2.05, 4.69) is 41.2 Å². The summed E-state index contributed by atoms with van der Waals surface area (Å²) < 4.78 is 0. The number of H-pyrrole nitrogens is 1. The zero-order valence-corrected chi connectivity index (χ0v) is 10.0. The molecule has 3 N–H and O–H groups in total. The lowest BCUT2D eigenvalue weighted by atomic mass is 9.77. The van der Waals surface area contributed by atoms with Gasteiger partial charge in [-0.3, -0.25) is 0 Å². The molecule has 1 fully saturated rings. The Labute approximate surface area is 101 Å². The Balaban J connectivity index is 1.95. The maximum atomic E-state index is 6.25. The second kappa shape index (κ2) is 3.70. The molecule has 1 saturated carbocycles. The molecule has 3 rings (SSSR count). The summed E-state index contributed by atoms with van der Waals surface area (Å²) in [4.78, 5) is 7.80. The van der Waals surface area contributed by atoms with E-state index in [1.54, 1.807) is 0 Å². The lowest BCUT2D eigenvalue weighted by molar-refractivity contribution is 0.240. The van der Waals surface area contributed by atoms with Crippen molar-refractivity contribution < 1.29 is 0 Å². The number of imidazole rings is 1. The van der Waals surface area contributed by atoms with Crippen LogP contribution in [0, 0.1) is 6.92 Å². The normalized spacial score (nSPS) is 17.8. The lowest BCUT2D eigenvalue weighted by Crippen LogP contribution is -2.44. The summed E-state index contributed by atoms with van der Waals surface area (Å²) >= 11 is 0. The van der Waals surface area contributed by atoms with Crippen LogP contribution in [0.2, 0.25) is 0 Å². The number of nitrogens with two attached hydrogens (primary N) is 1. The lowest BCUT2D eigenvalue weighted by Gasteiger charge is -2.35. The first-order chi connectivity index (χ1) is 8.17. The van der Waals surface area contributed by atoms with Crippen LogP contribution in [-0.4, -0.2) is 9.97 Å². The number of aromatic amines is 1. The van der Waals surface area contributed by atoms with Crippen molar-refractivity contribution in [2.24, 2.45) is 5.73 Å². The van der Waals surface area contributed by atoms with Gasteiger partial charge < -0.3 is 10.7 Å². The van der Waals surface area contributed by atoms with E-state index in [0.717, 1.165) is 24.4 Å². The molecule has 3 nitrogen and oxygen atoms in total. The molecule has 0 aliphatic heterocycles. The van der Waals surface area contributed by atoms with Gasteiger partial charge in [-0.1, -0.05) is 23.8 Å². The van der Waals surface area contributed by atoms with Crippen LogP contribution in [-0.2, 0) is 5.54 Å². The minimum Gasteiger partial charge on any atom is -0.340 e. The molecular formula is C14H17N3. The van der Waals surface area contributed by atoms with Gasteiger partial charge in [0, 0.05) is 0 Å². The molecule has 2 aromatic rings. The number of nitrogens with zero attached hydrogens (tertiary/aromatic N) is 1. The molecule has 1 aliphatic rings. The molecule has 1 heterocycles. The standard InChI is InChI=1S/C14H17N3/c1-10-4-2-5-11(8-10)12-9-16-13(17-12)14(15)6-3-7-14/h2,4-5,8-9H,3,6-7,15H2,1H3,(H,16,17). The predicted molar refractivity (Wildman–Crippen MR) is 68.5 cm³/mol. The quantitative estimate of drug-likeness (QED) is 0.828. The predicted octanol–water partition coefficient (Wildman–Crippen LogP) is 2.72. The summed E-state index contributed by atoms with van der Waals surface area (Å²) in [5.41, 5.74) is 9.53. The maximum absolute atomic E-state index is 6.25. The number of aromatic nitrogens is 2. The highest BCUT2D eigenvalue weighted by molar-refractivity contribution is 5.59. The molecule has 0 atom stereocenters. The van der Waals surface area contributed by atoms with Crippen LogP contribution in [0.4, 0.5) is 0 Å². The molecule has 0 bridgehead atoms. The molecule has 0 saturated heterocycles. The first-order valence-corrected chi connectivity index (χ1v) is 6.09. The van der Waals surface area contributed by atoms with Crippen molar-refractivity contribution in [1.82, 2.24) is 9.97 Å². The topological polar surface area (TPSA) is 54.7 Å². The van der Waals surface area contributed by atoms with Gasteiger partial charge in [0.2, 0.25) is 0 Å². The van der Waals surface area contributed by atoms with Gasteiger partial charge in [-0.15, -0.1) is 0 Å². The number of rotatable bonds is 2. The number of hydrogen-bond acceptors (Lipinski definition) is 2. The van der Waals surface area contributed by atoms with Crippen molar-refractivity contribution in [2.75, 3.05) is 0 Å². The van der Waals surface area contributed by atoms with Crippen LogP contribution < -0.4 is 5.73 Å². The smallest absolute Gasteiger partial charge is 0.126 e. The van der Waals surface area contributed by atoms with E-state index in [1.807, 2.05) is 6.20 Å². The average molecular weight is 227 g/mol. The summed E-state index contributed by atoms with van der Waals surface area (Å²) in [6.07, 6.45) is 5.16. The highest BCUT2D eigenvalue weighted by Crippen LogP contribution is 2.37. The van der Waals surface area contributed by atoms with Gasteiger partial charge in [0.1, 0.15) is 5.82 Å². The van der Waals surface area contributed by atoms with Crippen molar-refractivity contribution in [3.05, 3.63) is 41.9 Å². The van der Waals surface area contributed by atoms with Crippen LogP contribution >= 0.6 is 0 Å². The second-order valence-electron chi connectivity index (χ2n) is 5.02. The van der Waals surface area contributed by atoms with E-state index in [9.17, 15) is 0 Å². The van der Waals surface area contributed by atoms with Crippen LogP contribution in [0.15, 0.2) is 30.5 Å².